The number of para-hydroxylation sites is 1. The molecule has 9 heteroatoms. The molecule has 0 atom stereocenters. The van der Waals surface area contributed by atoms with E-state index in [9.17, 15) is 8.42 Å². The molecule has 0 radical (unpaired) electrons. The van der Waals surface area contributed by atoms with Crippen LogP contribution in [-0.4, -0.2) is 37.7 Å². The van der Waals surface area contributed by atoms with Crippen molar-refractivity contribution in [3.8, 4) is 0 Å². The van der Waals surface area contributed by atoms with E-state index in [1.54, 1.807) is 0 Å². The number of hydrogen-bond acceptors (Lipinski definition) is 7. The van der Waals surface area contributed by atoms with Crippen LogP contribution in [0.1, 0.15) is 0 Å². The number of benzene rings is 1. The molecule has 108 valence electrons. The standard InChI is InChI=1S/C11H16N6O2S/c1-13-20(18,19)7-6-14-10-8-4-2-3-5-9(8)15-11(16-10)17-12/h2-5,13H,6-7,12H2,1H3,(H2,14,15,16,17). The van der Waals surface area contributed by atoms with Crippen LogP contribution >= 0.6 is 0 Å². The molecule has 0 saturated heterocycles. The van der Waals surface area contributed by atoms with E-state index < -0.39 is 10.0 Å². The maximum Gasteiger partial charge on any atom is 0.239 e. The Morgan fingerprint density at radius 2 is 2.00 bits per heavy atom. The minimum Gasteiger partial charge on any atom is -0.368 e. The van der Waals surface area contributed by atoms with Crippen LogP contribution < -0.4 is 21.3 Å². The Hall–Kier alpha value is -1.97. The number of fused-ring (bicyclic) bond motifs is 1. The molecule has 0 aliphatic rings. The third kappa shape index (κ3) is 3.32. The Kier molecular flexibility index (Phi) is 4.32. The molecule has 0 bridgehead atoms. The molecule has 0 saturated carbocycles. The Labute approximate surface area is 116 Å². The zero-order valence-electron chi connectivity index (χ0n) is 10.9. The number of nitrogens with one attached hydrogen (secondary N) is 3. The molecule has 0 unspecified atom stereocenters. The van der Waals surface area contributed by atoms with Crippen molar-refractivity contribution in [1.29, 1.82) is 0 Å². The molecule has 0 spiro atoms. The predicted octanol–water partition coefficient (Wildman–Crippen LogP) is -0.123. The van der Waals surface area contributed by atoms with Gasteiger partial charge in [-0.1, -0.05) is 12.1 Å². The van der Waals surface area contributed by atoms with E-state index in [1.165, 1.54) is 7.05 Å². The van der Waals surface area contributed by atoms with Gasteiger partial charge in [-0.2, -0.15) is 4.98 Å². The smallest absolute Gasteiger partial charge is 0.239 e. The molecule has 1 aromatic carbocycles. The summed E-state index contributed by atoms with van der Waals surface area (Å²) in [6, 6.07) is 7.39. The van der Waals surface area contributed by atoms with Gasteiger partial charge in [0.25, 0.3) is 0 Å². The quantitative estimate of drug-likeness (QED) is 0.433. The molecule has 1 aromatic heterocycles. The van der Waals surface area contributed by atoms with Crippen molar-refractivity contribution in [3.63, 3.8) is 0 Å². The normalized spacial score (nSPS) is 11.5. The summed E-state index contributed by atoms with van der Waals surface area (Å²) in [5.41, 5.74) is 3.10. The summed E-state index contributed by atoms with van der Waals surface area (Å²) in [6.07, 6.45) is 0. The molecule has 8 nitrogen and oxygen atoms in total. The minimum absolute atomic E-state index is 0.0484. The second-order valence-corrected chi connectivity index (χ2v) is 6.05. The van der Waals surface area contributed by atoms with Gasteiger partial charge in [-0.25, -0.2) is 24.0 Å². The number of hydrogen-bond donors (Lipinski definition) is 4. The van der Waals surface area contributed by atoms with Crippen molar-refractivity contribution in [2.75, 3.05) is 30.1 Å². The summed E-state index contributed by atoms with van der Waals surface area (Å²) in [7, 11) is -1.87. The highest BCUT2D eigenvalue weighted by atomic mass is 32.2. The lowest BCUT2D eigenvalue weighted by Gasteiger charge is -2.10. The molecule has 2 aromatic rings. The van der Waals surface area contributed by atoms with Gasteiger partial charge >= 0.3 is 0 Å². The van der Waals surface area contributed by atoms with Crippen LogP contribution in [0.5, 0.6) is 0 Å². The van der Waals surface area contributed by atoms with Crippen LogP contribution in [0.3, 0.4) is 0 Å². The molecule has 0 aliphatic carbocycles. The van der Waals surface area contributed by atoms with Gasteiger partial charge in [0.05, 0.1) is 11.3 Å². The number of nitrogens with zero attached hydrogens (tertiary/aromatic N) is 2. The van der Waals surface area contributed by atoms with E-state index in [0.29, 0.717) is 5.82 Å². The van der Waals surface area contributed by atoms with Gasteiger partial charge < -0.3 is 5.32 Å². The van der Waals surface area contributed by atoms with E-state index >= 15 is 0 Å². The lowest BCUT2D eigenvalue weighted by Crippen LogP contribution is -2.26. The van der Waals surface area contributed by atoms with Crippen LogP contribution in [0, 0.1) is 0 Å². The van der Waals surface area contributed by atoms with Crippen molar-refractivity contribution < 1.29 is 8.42 Å². The summed E-state index contributed by atoms with van der Waals surface area (Å²) < 4.78 is 25.0. The first-order valence-corrected chi connectivity index (χ1v) is 7.59. The zero-order valence-corrected chi connectivity index (χ0v) is 11.7. The predicted molar refractivity (Wildman–Crippen MR) is 78.7 cm³/mol. The van der Waals surface area contributed by atoms with Crippen molar-refractivity contribution in [3.05, 3.63) is 24.3 Å². The molecule has 5 N–H and O–H groups in total. The summed E-state index contributed by atoms with van der Waals surface area (Å²) in [4.78, 5) is 8.40. The molecule has 1 heterocycles. The molecule has 20 heavy (non-hydrogen) atoms. The highest BCUT2D eigenvalue weighted by molar-refractivity contribution is 7.89. The summed E-state index contributed by atoms with van der Waals surface area (Å²) in [5.74, 6) is 6.08. The number of hydrazine groups is 1. The first-order chi connectivity index (χ1) is 9.55. The number of nitrogens with two attached hydrogens (primary N) is 1. The van der Waals surface area contributed by atoms with Crippen molar-refractivity contribution in [2.45, 2.75) is 0 Å². The number of anilines is 2. The molecule has 0 aliphatic heterocycles. The van der Waals surface area contributed by atoms with E-state index in [0.717, 1.165) is 10.9 Å². The second kappa shape index (κ2) is 5.99. The molecule has 2 rings (SSSR count). The van der Waals surface area contributed by atoms with Gasteiger partial charge in [-0.05, 0) is 19.2 Å². The highest BCUT2D eigenvalue weighted by Gasteiger charge is 2.09. The molecule has 0 amide bonds. The van der Waals surface area contributed by atoms with Gasteiger partial charge in [0.2, 0.25) is 16.0 Å². The van der Waals surface area contributed by atoms with E-state index in [4.69, 9.17) is 5.84 Å². The molecular formula is C11H16N6O2S. The van der Waals surface area contributed by atoms with Crippen LogP contribution in [0.2, 0.25) is 0 Å². The number of nitrogen functional groups attached to an aromatic ring is 1. The van der Waals surface area contributed by atoms with Crippen LogP contribution in [-0.2, 0) is 10.0 Å². The second-order valence-electron chi connectivity index (χ2n) is 4.01. The van der Waals surface area contributed by atoms with E-state index in [1.807, 2.05) is 24.3 Å². The van der Waals surface area contributed by atoms with Crippen LogP contribution in [0.25, 0.3) is 10.9 Å². The molecular weight excluding hydrogens is 280 g/mol. The van der Waals surface area contributed by atoms with Gasteiger partial charge in [0, 0.05) is 11.9 Å². The van der Waals surface area contributed by atoms with Gasteiger partial charge in [-0.3, -0.25) is 5.43 Å². The van der Waals surface area contributed by atoms with E-state index in [2.05, 4.69) is 25.4 Å². The molecule has 0 fully saturated rings. The largest absolute Gasteiger partial charge is 0.368 e. The van der Waals surface area contributed by atoms with Crippen molar-refractivity contribution >= 4 is 32.7 Å². The third-order valence-electron chi connectivity index (χ3n) is 2.71. The first kappa shape index (κ1) is 14.4. The maximum atomic E-state index is 11.4. The first-order valence-electron chi connectivity index (χ1n) is 5.94. The van der Waals surface area contributed by atoms with Crippen LogP contribution in [0.4, 0.5) is 11.8 Å². The Bertz CT molecular complexity index is 703. The lowest BCUT2D eigenvalue weighted by atomic mass is 10.2. The number of sulfonamides is 1. The van der Waals surface area contributed by atoms with Crippen LogP contribution in [0.15, 0.2) is 24.3 Å². The van der Waals surface area contributed by atoms with Gasteiger partial charge in [0.1, 0.15) is 5.82 Å². The fraction of sp³-hybridized carbons (Fsp3) is 0.273. The average Bonchev–Trinajstić information content (AvgIpc) is 2.46. The lowest BCUT2D eigenvalue weighted by molar-refractivity contribution is 0.588. The fourth-order valence-electron chi connectivity index (χ4n) is 1.68. The summed E-state index contributed by atoms with van der Waals surface area (Å²) >= 11 is 0. The minimum atomic E-state index is -3.25. The van der Waals surface area contributed by atoms with Gasteiger partial charge in [-0.15, -0.1) is 0 Å². The Morgan fingerprint density at radius 3 is 2.70 bits per heavy atom. The summed E-state index contributed by atoms with van der Waals surface area (Å²) in [6.45, 7) is 0.230. The topological polar surface area (TPSA) is 122 Å². The Morgan fingerprint density at radius 1 is 1.25 bits per heavy atom. The zero-order chi connectivity index (χ0) is 14.6. The maximum absolute atomic E-state index is 11.4. The third-order valence-corrected chi connectivity index (χ3v) is 4.07. The number of aromatic nitrogens is 2. The Balaban J connectivity index is 2.24. The van der Waals surface area contributed by atoms with Crippen molar-refractivity contribution in [2.24, 2.45) is 5.84 Å². The highest BCUT2D eigenvalue weighted by Crippen LogP contribution is 2.21. The average molecular weight is 296 g/mol. The van der Waals surface area contributed by atoms with Gasteiger partial charge in [0.15, 0.2) is 0 Å². The monoisotopic (exact) mass is 296 g/mol. The van der Waals surface area contributed by atoms with E-state index in [-0.39, 0.29) is 18.2 Å². The number of rotatable bonds is 6. The fourth-order valence-corrected chi connectivity index (χ4v) is 2.26. The summed E-state index contributed by atoms with van der Waals surface area (Å²) in [5, 5.41) is 3.79. The SMILES string of the molecule is CNS(=O)(=O)CCNc1nc(NN)nc2ccccc12. The van der Waals surface area contributed by atoms with Crippen molar-refractivity contribution in [1.82, 2.24) is 14.7 Å².